The SMILES string of the molecule is CCCCOc1ccc(C(=O)NCc2ccccc2CS(=O)(=O)NC(C)C)cc1. The minimum absolute atomic E-state index is 0.124. The zero-order valence-electron chi connectivity index (χ0n) is 17.3. The molecule has 0 fully saturated rings. The average molecular weight is 419 g/mol. The highest BCUT2D eigenvalue weighted by atomic mass is 32.2. The molecule has 29 heavy (non-hydrogen) atoms. The number of ether oxygens (including phenoxy) is 1. The molecule has 0 atom stereocenters. The second kappa shape index (κ2) is 11.0. The number of nitrogens with one attached hydrogen (secondary N) is 2. The lowest BCUT2D eigenvalue weighted by Gasteiger charge is -2.13. The molecule has 2 aromatic carbocycles. The fourth-order valence-electron chi connectivity index (χ4n) is 2.79. The first-order chi connectivity index (χ1) is 13.8. The molecule has 0 radical (unpaired) electrons. The Hall–Kier alpha value is -2.38. The Kier molecular flexibility index (Phi) is 8.67. The van der Waals surface area contributed by atoms with Crippen LogP contribution in [0.2, 0.25) is 0 Å². The Labute approximate surface area is 173 Å². The van der Waals surface area contributed by atoms with Gasteiger partial charge in [-0.1, -0.05) is 37.6 Å². The first kappa shape index (κ1) is 22.9. The van der Waals surface area contributed by atoms with Crippen molar-refractivity contribution in [3.8, 4) is 5.75 Å². The number of hydrogen-bond donors (Lipinski definition) is 2. The normalized spacial score (nSPS) is 11.4. The average Bonchev–Trinajstić information content (AvgIpc) is 2.66. The van der Waals surface area contributed by atoms with Crippen molar-refractivity contribution >= 4 is 15.9 Å². The number of carbonyl (C=O) groups is 1. The lowest BCUT2D eigenvalue weighted by atomic mass is 10.1. The predicted molar refractivity (Wildman–Crippen MR) is 115 cm³/mol. The summed E-state index contributed by atoms with van der Waals surface area (Å²) >= 11 is 0. The van der Waals surface area contributed by atoms with Crippen LogP contribution in [0.25, 0.3) is 0 Å². The summed E-state index contributed by atoms with van der Waals surface area (Å²) in [5, 5.41) is 2.86. The van der Waals surface area contributed by atoms with Crippen molar-refractivity contribution in [3.05, 3.63) is 65.2 Å². The zero-order chi connectivity index (χ0) is 21.3. The number of carbonyl (C=O) groups excluding carboxylic acids is 1. The fourth-order valence-corrected chi connectivity index (χ4v) is 4.28. The third-order valence-corrected chi connectivity index (χ3v) is 5.72. The summed E-state index contributed by atoms with van der Waals surface area (Å²) in [4.78, 5) is 12.4. The van der Waals surface area contributed by atoms with Gasteiger partial charge in [0, 0.05) is 18.2 Å². The first-order valence-electron chi connectivity index (χ1n) is 9.88. The van der Waals surface area contributed by atoms with E-state index in [2.05, 4.69) is 17.0 Å². The lowest BCUT2D eigenvalue weighted by Crippen LogP contribution is -2.31. The molecule has 2 aromatic rings. The Balaban J connectivity index is 1.98. The molecule has 0 unspecified atom stereocenters. The summed E-state index contributed by atoms with van der Waals surface area (Å²) in [6, 6.07) is 14.1. The van der Waals surface area contributed by atoms with Crippen molar-refractivity contribution in [3.63, 3.8) is 0 Å². The molecule has 0 saturated heterocycles. The number of hydrogen-bond acceptors (Lipinski definition) is 4. The van der Waals surface area contributed by atoms with Gasteiger partial charge in [-0.2, -0.15) is 0 Å². The van der Waals surface area contributed by atoms with Crippen LogP contribution in [-0.4, -0.2) is 27.0 Å². The predicted octanol–water partition coefficient (Wildman–Crippen LogP) is 3.62. The molecule has 0 aliphatic heterocycles. The van der Waals surface area contributed by atoms with E-state index in [1.807, 2.05) is 12.1 Å². The maximum atomic E-state index is 12.4. The molecule has 6 nitrogen and oxygen atoms in total. The van der Waals surface area contributed by atoms with Crippen molar-refractivity contribution in [2.45, 2.75) is 52.0 Å². The standard InChI is InChI=1S/C22H30N2O4S/c1-4-5-14-28-21-12-10-18(11-13-21)22(25)23-15-19-8-6-7-9-20(19)16-29(26,27)24-17(2)3/h6-13,17,24H,4-5,14-16H2,1-3H3,(H,23,25). The van der Waals surface area contributed by atoms with Crippen LogP contribution in [0.1, 0.15) is 55.1 Å². The van der Waals surface area contributed by atoms with Gasteiger partial charge in [-0.3, -0.25) is 4.79 Å². The molecule has 0 aliphatic rings. The van der Waals surface area contributed by atoms with E-state index in [9.17, 15) is 13.2 Å². The van der Waals surface area contributed by atoms with Crippen LogP contribution in [0, 0.1) is 0 Å². The Morgan fingerprint density at radius 1 is 1.03 bits per heavy atom. The zero-order valence-corrected chi connectivity index (χ0v) is 18.1. The molecular weight excluding hydrogens is 388 g/mol. The quantitative estimate of drug-likeness (QED) is 0.546. The highest BCUT2D eigenvalue weighted by Gasteiger charge is 2.16. The van der Waals surface area contributed by atoms with Gasteiger partial charge in [0.1, 0.15) is 5.75 Å². The number of sulfonamides is 1. The molecule has 0 aliphatic carbocycles. The van der Waals surface area contributed by atoms with E-state index in [-0.39, 0.29) is 24.2 Å². The summed E-state index contributed by atoms with van der Waals surface area (Å²) in [7, 11) is -3.44. The van der Waals surface area contributed by atoms with Gasteiger partial charge in [0.2, 0.25) is 10.0 Å². The van der Waals surface area contributed by atoms with E-state index in [1.54, 1.807) is 50.2 Å². The van der Waals surface area contributed by atoms with E-state index in [4.69, 9.17) is 4.74 Å². The summed E-state index contributed by atoms with van der Waals surface area (Å²) < 4.78 is 32.7. The lowest BCUT2D eigenvalue weighted by molar-refractivity contribution is 0.0951. The molecule has 2 N–H and O–H groups in total. The third kappa shape index (κ3) is 7.87. The van der Waals surface area contributed by atoms with E-state index in [1.165, 1.54) is 0 Å². The van der Waals surface area contributed by atoms with E-state index < -0.39 is 10.0 Å². The second-order valence-electron chi connectivity index (χ2n) is 7.21. The van der Waals surface area contributed by atoms with Crippen LogP contribution in [-0.2, 0) is 22.3 Å². The summed E-state index contributed by atoms with van der Waals surface area (Å²) in [6.45, 7) is 6.58. The van der Waals surface area contributed by atoms with Gasteiger partial charge >= 0.3 is 0 Å². The van der Waals surface area contributed by atoms with E-state index in [0.717, 1.165) is 24.2 Å². The fraction of sp³-hybridized carbons (Fsp3) is 0.409. The van der Waals surface area contributed by atoms with Crippen LogP contribution >= 0.6 is 0 Å². The largest absolute Gasteiger partial charge is 0.494 e. The van der Waals surface area contributed by atoms with Crippen molar-refractivity contribution < 1.29 is 17.9 Å². The van der Waals surface area contributed by atoms with Crippen molar-refractivity contribution in [2.75, 3.05) is 6.61 Å². The second-order valence-corrected chi connectivity index (χ2v) is 8.96. The van der Waals surface area contributed by atoms with Gasteiger partial charge in [0.25, 0.3) is 5.91 Å². The molecule has 0 aromatic heterocycles. The van der Waals surface area contributed by atoms with Crippen molar-refractivity contribution in [2.24, 2.45) is 0 Å². The molecule has 0 spiro atoms. The maximum absolute atomic E-state index is 12.4. The molecule has 0 saturated carbocycles. The minimum Gasteiger partial charge on any atom is -0.494 e. The number of rotatable bonds is 11. The van der Waals surface area contributed by atoms with Gasteiger partial charge in [-0.05, 0) is 55.7 Å². The van der Waals surface area contributed by atoms with Crippen LogP contribution in [0.4, 0.5) is 0 Å². The van der Waals surface area contributed by atoms with Gasteiger partial charge < -0.3 is 10.1 Å². The number of benzene rings is 2. The van der Waals surface area contributed by atoms with Crippen LogP contribution in [0.15, 0.2) is 48.5 Å². The molecule has 2 rings (SSSR count). The molecule has 0 bridgehead atoms. The smallest absolute Gasteiger partial charge is 0.251 e. The molecular formula is C22H30N2O4S. The highest BCUT2D eigenvalue weighted by Crippen LogP contribution is 2.15. The molecule has 158 valence electrons. The Bertz CT molecular complexity index is 893. The maximum Gasteiger partial charge on any atom is 0.251 e. The summed E-state index contributed by atoms with van der Waals surface area (Å²) in [5.41, 5.74) is 1.97. The van der Waals surface area contributed by atoms with Crippen molar-refractivity contribution in [1.82, 2.24) is 10.0 Å². The number of amides is 1. The van der Waals surface area contributed by atoms with Gasteiger partial charge in [0.05, 0.1) is 12.4 Å². The van der Waals surface area contributed by atoms with Gasteiger partial charge in [-0.15, -0.1) is 0 Å². The topological polar surface area (TPSA) is 84.5 Å². The molecule has 7 heteroatoms. The van der Waals surface area contributed by atoms with E-state index >= 15 is 0 Å². The molecule has 1 amide bonds. The summed E-state index contributed by atoms with van der Waals surface area (Å²) in [5.74, 6) is 0.396. The number of unbranched alkanes of at least 4 members (excludes halogenated alkanes) is 1. The Morgan fingerprint density at radius 2 is 1.69 bits per heavy atom. The van der Waals surface area contributed by atoms with Crippen LogP contribution in [0.5, 0.6) is 5.75 Å². The molecule has 0 heterocycles. The monoisotopic (exact) mass is 418 g/mol. The Morgan fingerprint density at radius 3 is 2.31 bits per heavy atom. The van der Waals surface area contributed by atoms with Crippen LogP contribution in [0.3, 0.4) is 0 Å². The third-order valence-electron chi connectivity index (χ3n) is 4.20. The van der Waals surface area contributed by atoms with Crippen molar-refractivity contribution in [1.29, 1.82) is 0 Å². The minimum atomic E-state index is -3.44. The first-order valence-corrected chi connectivity index (χ1v) is 11.5. The van der Waals surface area contributed by atoms with Crippen LogP contribution < -0.4 is 14.8 Å². The summed E-state index contributed by atoms with van der Waals surface area (Å²) in [6.07, 6.45) is 2.06. The van der Waals surface area contributed by atoms with E-state index in [0.29, 0.717) is 17.7 Å². The van der Waals surface area contributed by atoms with Gasteiger partial charge in [0.15, 0.2) is 0 Å². The highest BCUT2D eigenvalue weighted by molar-refractivity contribution is 7.88. The van der Waals surface area contributed by atoms with Gasteiger partial charge in [-0.25, -0.2) is 13.1 Å².